The lowest BCUT2D eigenvalue weighted by Crippen LogP contribution is -2.39. The number of hydrogen-bond donors (Lipinski definition) is 1. The van der Waals surface area contributed by atoms with Gasteiger partial charge < -0.3 is 4.90 Å². The van der Waals surface area contributed by atoms with Crippen molar-refractivity contribution >= 4 is 16.9 Å². The van der Waals surface area contributed by atoms with Crippen molar-refractivity contribution in [3.63, 3.8) is 0 Å². The van der Waals surface area contributed by atoms with Crippen LogP contribution in [0.4, 0.5) is 0 Å². The van der Waals surface area contributed by atoms with Crippen molar-refractivity contribution in [1.29, 1.82) is 0 Å². The molecule has 1 aromatic carbocycles. The Balaban J connectivity index is 1.43. The van der Waals surface area contributed by atoms with Crippen molar-refractivity contribution in [2.45, 2.75) is 31.6 Å². The van der Waals surface area contributed by atoms with Crippen LogP contribution in [0, 0.1) is 0 Å². The maximum Gasteiger partial charge on any atom is 0.222 e. The van der Waals surface area contributed by atoms with Crippen LogP contribution in [0.1, 0.15) is 36.4 Å². The first-order chi connectivity index (χ1) is 12.3. The zero-order chi connectivity index (χ0) is 17.1. The van der Waals surface area contributed by atoms with E-state index in [9.17, 15) is 4.79 Å². The molecule has 4 rings (SSSR count). The van der Waals surface area contributed by atoms with Crippen LogP contribution in [0.5, 0.6) is 0 Å². The summed E-state index contributed by atoms with van der Waals surface area (Å²) < 4.78 is 0. The molecule has 1 aliphatic rings. The Labute approximate surface area is 147 Å². The number of piperidine rings is 1. The van der Waals surface area contributed by atoms with Gasteiger partial charge in [0.05, 0.1) is 0 Å². The van der Waals surface area contributed by atoms with Gasteiger partial charge in [-0.05, 0) is 37.0 Å². The van der Waals surface area contributed by atoms with Crippen LogP contribution in [0.3, 0.4) is 0 Å². The van der Waals surface area contributed by atoms with Crippen molar-refractivity contribution in [2.75, 3.05) is 13.1 Å². The van der Waals surface area contributed by atoms with Gasteiger partial charge in [0.2, 0.25) is 5.91 Å². The highest BCUT2D eigenvalue weighted by Crippen LogP contribution is 2.30. The molecule has 0 spiro atoms. The average molecular weight is 334 g/mol. The third kappa shape index (κ3) is 3.40. The van der Waals surface area contributed by atoms with Crippen molar-refractivity contribution in [3.05, 3.63) is 59.9 Å². The molecule has 3 aromatic rings. The van der Waals surface area contributed by atoms with E-state index in [0.717, 1.165) is 49.1 Å². The zero-order valence-corrected chi connectivity index (χ0v) is 14.2. The lowest BCUT2D eigenvalue weighted by Gasteiger charge is -2.32. The fourth-order valence-electron chi connectivity index (χ4n) is 3.67. The minimum atomic E-state index is 0.246. The summed E-state index contributed by atoms with van der Waals surface area (Å²) >= 11 is 0. The number of pyridine rings is 1. The molecule has 0 radical (unpaired) electrons. The summed E-state index contributed by atoms with van der Waals surface area (Å²) in [4.78, 5) is 18.9. The number of aryl methyl sites for hydroxylation is 1. The molecule has 25 heavy (non-hydrogen) atoms. The summed E-state index contributed by atoms with van der Waals surface area (Å²) in [5, 5.41) is 8.53. The Kier molecular flexibility index (Phi) is 4.46. The van der Waals surface area contributed by atoms with E-state index in [1.54, 1.807) is 6.20 Å². The summed E-state index contributed by atoms with van der Waals surface area (Å²) in [5.74, 6) is 0.555. The number of carbonyl (C=O) groups excluding carboxylic acids is 1. The predicted molar refractivity (Wildman–Crippen MR) is 97.2 cm³/mol. The largest absolute Gasteiger partial charge is 0.342 e. The molecule has 3 heterocycles. The topological polar surface area (TPSA) is 61.9 Å². The van der Waals surface area contributed by atoms with Gasteiger partial charge in [0, 0.05) is 42.7 Å². The second-order valence-corrected chi connectivity index (χ2v) is 6.68. The van der Waals surface area contributed by atoms with Crippen molar-refractivity contribution < 1.29 is 4.79 Å². The Morgan fingerprint density at radius 1 is 1.20 bits per heavy atom. The average Bonchev–Trinajstić information content (AvgIpc) is 3.11. The predicted octanol–water partition coefficient (Wildman–Crippen LogP) is 3.30. The molecule has 0 bridgehead atoms. The Bertz CT molecular complexity index is 858. The van der Waals surface area contributed by atoms with Crippen molar-refractivity contribution in [1.82, 2.24) is 20.1 Å². The number of rotatable bonds is 4. The fraction of sp³-hybridized carbons (Fsp3) is 0.350. The molecular formula is C20H22N4O. The smallest absolute Gasteiger partial charge is 0.222 e. The molecule has 128 valence electrons. The molecule has 2 aromatic heterocycles. The summed E-state index contributed by atoms with van der Waals surface area (Å²) in [5.41, 5.74) is 3.09. The van der Waals surface area contributed by atoms with Gasteiger partial charge in [-0.2, -0.15) is 5.10 Å². The second-order valence-electron chi connectivity index (χ2n) is 6.68. The Hall–Kier alpha value is -2.69. The Morgan fingerprint density at radius 3 is 2.96 bits per heavy atom. The molecule has 0 unspecified atom stereocenters. The van der Waals surface area contributed by atoms with Crippen molar-refractivity contribution in [3.8, 4) is 0 Å². The third-order valence-corrected chi connectivity index (χ3v) is 5.01. The molecule has 1 saturated heterocycles. The molecule has 1 amide bonds. The van der Waals surface area contributed by atoms with Crippen LogP contribution in [0.25, 0.3) is 11.0 Å². The molecule has 5 nitrogen and oxygen atoms in total. The molecule has 1 atom stereocenters. The van der Waals surface area contributed by atoms with E-state index >= 15 is 0 Å². The number of benzene rings is 1. The summed E-state index contributed by atoms with van der Waals surface area (Å²) in [7, 11) is 0. The van der Waals surface area contributed by atoms with E-state index in [2.05, 4.69) is 33.4 Å². The van der Waals surface area contributed by atoms with Gasteiger partial charge in [-0.15, -0.1) is 0 Å². The van der Waals surface area contributed by atoms with Gasteiger partial charge in [-0.3, -0.25) is 9.89 Å². The molecule has 1 fully saturated rings. The minimum absolute atomic E-state index is 0.246. The standard InChI is InChI=1S/C20H22N4O/c25-18(11-10-15-6-2-1-3-7-15)24-13-5-8-16(14-24)19-17-9-4-12-21-20(17)23-22-19/h1-4,6-7,9,12,16H,5,8,10-11,13-14H2,(H,21,22,23)/t16-/m1/s1. The van der Waals surface area contributed by atoms with Gasteiger partial charge in [0.15, 0.2) is 5.65 Å². The number of aromatic nitrogens is 3. The maximum atomic E-state index is 12.6. The van der Waals surface area contributed by atoms with Crippen LogP contribution in [0.15, 0.2) is 48.7 Å². The number of amides is 1. The first kappa shape index (κ1) is 15.8. The van der Waals surface area contributed by atoms with Crippen LogP contribution in [-0.4, -0.2) is 39.1 Å². The van der Waals surface area contributed by atoms with E-state index < -0.39 is 0 Å². The monoisotopic (exact) mass is 334 g/mol. The highest BCUT2D eigenvalue weighted by Gasteiger charge is 2.27. The van der Waals surface area contributed by atoms with Gasteiger partial charge in [-0.1, -0.05) is 30.3 Å². The second kappa shape index (κ2) is 7.05. The van der Waals surface area contributed by atoms with Crippen LogP contribution < -0.4 is 0 Å². The number of fused-ring (bicyclic) bond motifs is 1. The normalized spacial score (nSPS) is 17.8. The van der Waals surface area contributed by atoms with Crippen molar-refractivity contribution in [2.24, 2.45) is 0 Å². The molecule has 1 N–H and O–H groups in total. The molecule has 5 heteroatoms. The quantitative estimate of drug-likeness (QED) is 0.796. The van der Waals surface area contributed by atoms with E-state index in [-0.39, 0.29) is 5.91 Å². The van der Waals surface area contributed by atoms with E-state index in [4.69, 9.17) is 0 Å². The molecule has 0 aliphatic carbocycles. The highest BCUT2D eigenvalue weighted by molar-refractivity contribution is 5.79. The van der Waals surface area contributed by atoms with Crippen LogP contribution in [0.2, 0.25) is 0 Å². The summed E-state index contributed by atoms with van der Waals surface area (Å²) in [6.45, 7) is 1.62. The first-order valence-electron chi connectivity index (χ1n) is 8.92. The molecular weight excluding hydrogens is 312 g/mol. The molecule has 0 saturated carbocycles. The van der Waals surface area contributed by atoms with Crippen LogP contribution in [-0.2, 0) is 11.2 Å². The number of H-pyrrole nitrogens is 1. The maximum absolute atomic E-state index is 12.6. The number of carbonyl (C=O) groups is 1. The fourth-order valence-corrected chi connectivity index (χ4v) is 3.67. The van der Waals surface area contributed by atoms with E-state index in [1.165, 1.54) is 5.56 Å². The highest BCUT2D eigenvalue weighted by atomic mass is 16.2. The zero-order valence-electron chi connectivity index (χ0n) is 14.2. The van der Waals surface area contributed by atoms with Gasteiger partial charge in [-0.25, -0.2) is 4.98 Å². The van der Waals surface area contributed by atoms with Gasteiger partial charge in [0.25, 0.3) is 0 Å². The number of nitrogens with zero attached hydrogens (tertiary/aromatic N) is 3. The van der Waals surface area contributed by atoms with E-state index in [1.807, 2.05) is 29.2 Å². The lowest BCUT2D eigenvalue weighted by atomic mass is 9.93. The van der Waals surface area contributed by atoms with Crippen LogP contribution >= 0.6 is 0 Å². The number of likely N-dealkylation sites (tertiary alicyclic amines) is 1. The van der Waals surface area contributed by atoms with Gasteiger partial charge in [0.1, 0.15) is 0 Å². The molecule has 1 aliphatic heterocycles. The minimum Gasteiger partial charge on any atom is -0.342 e. The van der Waals surface area contributed by atoms with Gasteiger partial charge >= 0.3 is 0 Å². The summed E-state index contributed by atoms with van der Waals surface area (Å²) in [6, 6.07) is 14.2. The third-order valence-electron chi connectivity index (χ3n) is 5.01. The summed E-state index contributed by atoms with van der Waals surface area (Å²) in [6.07, 6.45) is 5.24. The van der Waals surface area contributed by atoms with E-state index in [0.29, 0.717) is 12.3 Å². The number of nitrogens with one attached hydrogen (secondary N) is 1. The number of hydrogen-bond acceptors (Lipinski definition) is 3. The Morgan fingerprint density at radius 2 is 2.08 bits per heavy atom. The lowest BCUT2D eigenvalue weighted by molar-refractivity contribution is -0.132. The first-order valence-corrected chi connectivity index (χ1v) is 8.92. The number of aromatic amines is 1. The SMILES string of the molecule is O=C(CCc1ccccc1)N1CCC[C@@H](c2[nH]nc3ncccc23)C1.